The van der Waals surface area contributed by atoms with Crippen LogP contribution in [0.5, 0.6) is 0 Å². The monoisotopic (exact) mass is 254 g/mol. The lowest BCUT2D eigenvalue weighted by Gasteiger charge is -2.21. The Balaban J connectivity index is 2.25. The van der Waals surface area contributed by atoms with E-state index in [0.29, 0.717) is 0 Å². The van der Waals surface area contributed by atoms with Crippen molar-refractivity contribution in [1.29, 1.82) is 0 Å². The molecule has 1 aliphatic rings. The summed E-state index contributed by atoms with van der Waals surface area (Å²) in [7, 11) is 3.99. The molecule has 2 aromatic rings. The predicted molar refractivity (Wildman–Crippen MR) is 74.1 cm³/mol. The van der Waals surface area contributed by atoms with Gasteiger partial charge in [-0.25, -0.2) is 0 Å². The fourth-order valence-corrected chi connectivity index (χ4v) is 2.84. The van der Waals surface area contributed by atoms with Crippen LogP contribution < -0.4 is 0 Å². The van der Waals surface area contributed by atoms with E-state index in [0.717, 1.165) is 11.1 Å². The largest absolute Gasteiger partial charge is 0.299 e. The van der Waals surface area contributed by atoms with E-state index in [4.69, 9.17) is 0 Å². The Bertz CT molecular complexity index is 665. The van der Waals surface area contributed by atoms with Crippen molar-refractivity contribution >= 4 is 5.69 Å². The molecule has 96 valence electrons. The van der Waals surface area contributed by atoms with Gasteiger partial charge in [0.1, 0.15) is 0 Å². The third kappa shape index (κ3) is 1.72. The summed E-state index contributed by atoms with van der Waals surface area (Å²) in [6.07, 6.45) is 0. The van der Waals surface area contributed by atoms with Crippen LogP contribution in [0.25, 0.3) is 11.1 Å². The summed E-state index contributed by atoms with van der Waals surface area (Å²) in [4.78, 5) is 12.7. The van der Waals surface area contributed by atoms with Gasteiger partial charge in [0, 0.05) is 12.1 Å². The van der Waals surface area contributed by atoms with E-state index < -0.39 is 0 Å². The van der Waals surface area contributed by atoms with Gasteiger partial charge in [-0.2, -0.15) is 0 Å². The lowest BCUT2D eigenvalue weighted by atomic mass is 10.0. The first-order chi connectivity index (χ1) is 9.09. The number of fused-ring (bicyclic) bond motifs is 3. The Kier molecular flexibility index (Phi) is 2.61. The summed E-state index contributed by atoms with van der Waals surface area (Å²) in [6, 6.07) is 13.4. The highest BCUT2D eigenvalue weighted by Gasteiger charge is 2.31. The van der Waals surface area contributed by atoms with Crippen LogP contribution in [0.15, 0.2) is 42.5 Å². The standard InChI is InChI=1S/C15H14N2O2/c1-16(2)15-13-6-4-3-5-11(13)12-8-7-10(17(18)19)9-14(12)15/h3-9,15H,1-2H3/t15-/m0/s1. The second kappa shape index (κ2) is 4.17. The quantitative estimate of drug-likeness (QED) is 0.610. The minimum absolute atomic E-state index is 0.0890. The van der Waals surface area contributed by atoms with Crippen LogP contribution in [0.4, 0.5) is 5.69 Å². The molecular formula is C15H14N2O2. The Morgan fingerprint density at radius 2 is 1.74 bits per heavy atom. The zero-order valence-electron chi connectivity index (χ0n) is 10.8. The molecule has 0 N–H and O–H groups in total. The first-order valence-electron chi connectivity index (χ1n) is 6.13. The average molecular weight is 254 g/mol. The summed E-state index contributed by atoms with van der Waals surface area (Å²) >= 11 is 0. The first kappa shape index (κ1) is 11.9. The van der Waals surface area contributed by atoms with Crippen molar-refractivity contribution in [3.63, 3.8) is 0 Å². The van der Waals surface area contributed by atoms with Crippen LogP contribution in [-0.4, -0.2) is 23.9 Å². The molecule has 0 bridgehead atoms. The van der Waals surface area contributed by atoms with Crippen LogP contribution in [0, 0.1) is 10.1 Å². The van der Waals surface area contributed by atoms with E-state index in [2.05, 4.69) is 17.0 Å². The molecule has 0 unspecified atom stereocenters. The van der Waals surface area contributed by atoms with E-state index in [1.807, 2.05) is 32.3 Å². The topological polar surface area (TPSA) is 46.4 Å². The van der Waals surface area contributed by atoms with Crippen molar-refractivity contribution in [2.75, 3.05) is 14.1 Å². The highest BCUT2D eigenvalue weighted by molar-refractivity contribution is 5.79. The summed E-state index contributed by atoms with van der Waals surface area (Å²) in [5.74, 6) is 0. The van der Waals surface area contributed by atoms with Gasteiger partial charge in [-0.15, -0.1) is 0 Å². The molecule has 0 saturated heterocycles. The van der Waals surface area contributed by atoms with E-state index in [1.54, 1.807) is 12.1 Å². The maximum atomic E-state index is 10.9. The van der Waals surface area contributed by atoms with Crippen LogP contribution in [0.2, 0.25) is 0 Å². The maximum Gasteiger partial charge on any atom is 0.269 e. The van der Waals surface area contributed by atoms with Gasteiger partial charge in [-0.05, 0) is 42.4 Å². The molecule has 0 saturated carbocycles. The van der Waals surface area contributed by atoms with Gasteiger partial charge < -0.3 is 0 Å². The number of rotatable bonds is 2. The lowest BCUT2D eigenvalue weighted by Crippen LogP contribution is -2.18. The van der Waals surface area contributed by atoms with Gasteiger partial charge in [0.05, 0.1) is 11.0 Å². The molecule has 2 aromatic carbocycles. The molecule has 1 aliphatic carbocycles. The molecule has 0 amide bonds. The average Bonchev–Trinajstić information content (AvgIpc) is 2.72. The Morgan fingerprint density at radius 1 is 1.05 bits per heavy atom. The molecule has 0 aliphatic heterocycles. The fraction of sp³-hybridized carbons (Fsp3) is 0.200. The lowest BCUT2D eigenvalue weighted by molar-refractivity contribution is -0.384. The number of benzene rings is 2. The highest BCUT2D eigenvalue weighted by Crippen LogP contribution is 2.46. The van der Waals surface area contributed by atoms with Crippen LogP contribution in [-0.2, 0) is 0 Å². The van der Waals surface area contributed by atoms with Crippen LogP contribution >= 0.6 is 0 Å². The molecule has 0 fully saturated rings. The fourth-order valence-electron chi connectivity index (χ4n) is 2.84. The van der Waals surface area contributed by atoms with Crippen molar-refractivity contribution in [2.24, 2.45) is 0 Å². The zero-order valence-corrected chi connectivity index (χ0v) is 10.8. The van der Waals surface area contributed by atoms with Gasteiger partial charge in [0.15, 0.2) is 0 Å². The molecule has 0 heterocycles. The SMILES string of the molecule is CN(C)[C@H]1c2ccccc2-c2ccc([N+](=O)[O-])cc21. The van der Waals surface area contributed by atoms with E-state index >= 15 is 0 Å². The maximum absolute atomic E-state index is 10.9. The molecule has 1 atom stereocenters. The second-order valence-electron chi connectivity index (χ2n) is 4.98. The molecule has 4 nitrogen and oxygen atoms in total. The Hall–Kier alpha value is -2.20. The predicted octanol–water partition coefficient (Wildman–Crippen LogP) is 3.23. The van der Waals surface area contributed by atoms with Gasteiger partial charge in [-0.1, -0.05) is 24.3 Å². The van der Waals surface area contributed by atoms with Crippen molar-refractivity contribution in [1.82, 2.24) is 4.90 Å². The molecule has 0 aromatic heterocycles. The Morgan fingerprint density at radius 3 is 2.42 bits per heavy atom. The van der Waals surface area contributed by atoms with E-state index in [-0.39, 0.29) is 16.7 Å². The van der Waals surface area contributed by atoms with Crippen LogP contribution in [0.3, 0.4) is 0 Å². The van der Waals surface area contributed by atoms with Gasteiger partial charge in [-0.3, -0.25) is 15.0 Å². The third-order valence-corrected chi connectivity index (χ3v) is 3.60. The van der Waals surface area contributed by atoms with Crippen molar-refractivity contribution in [3.05, 3.63) is 63.7 Å². The molecule has 19 heavy (non-hydrogen) atoms. The summed E-state index contributed by atoms with van der Waals surface area (Å²) < 4.78 is 0. The number of hydrogen-bond acceptors (Lipinski definition) is 3. The number of nitro groups is 1. The number of nitrogens with zero attached hydrogens (tertiary/aromatic N) is 2. The molecular weight excluding hydrogens is 240 g/mol. The first-order valence-corrected chi connectivity index (χ1v) is 6.13. The highest BCUT2D eigenvalue weighted by atomic mass is 16.6. The number of hydrogen-bond donors (Lipinski definition) is 0. The van der Waals surface area contributed by atoms with Crippen molar-refractivity contribution < 1.29 is 4.92 Å². The molecule has 0 spiro atoms. The minimum Gasteiger partial charge on any atom is -0.299 e. The molecule has 0 radical (unpaired) electrons. The van der Waals surface area contributed by atoms with Crippen molar-refractivity contribution in [3.8, 4) is 11.1 Å². The van der Waals surface area contributed by atoms with Gasteiger partial charge in [0.25, 0.3) is 5.69 Å². The normalized spacial score (nSPS) is 16.3. The molecule has 3 rings (SSSR count). The second-order valence-corrected chi connectivity index (χ2v) is 4.98. The van der Waals surface area contributed by atoms with Gasteiger partial charge in [0.2, 0.25) is 0 Å². The summed E-state index contributed by atoms with van der Waals surface area (Å²) in [6.45, 7) is 0. The number of nitro benzene ring substituents is 1. The summed E-state index contributed by atoms with van der Waals surface area (Å²) in [5, 5.41) is 10.9. The molecule has 4 heteroatoms. The summed E-state index contributed by atoms with van der Waals surface area (Å²) in [5.41, 5.74) is 4.65. The third-order valence-electron chi connectivity index (χ3n) is 3.60. The van der Waals surface area contributed by atoms with E-state index in [9.17, 15) is 10.1 Å². The van der Waals surface area contributed by atoms with E-state index in [1.165, 1.54) is 11.1 Å². The van der Waals surface area contributed by atoms with Gasteiger partial charge >= 0.3 is 0 Å². The smallest absolute Gasteiger partial charge is 0.269 e. The van der Waals surface area contributed by atoms with Crippen LogP contribution in [0.1, 0.15) is 17.2 Å². The van der Waals surface area contributed by atoms with Crippen molar-refractivity contribution in [2.45, 2.75) is 6.04 Å². The number of non-ortho nitro benzene ring substituents is 1. The zero-order chi connectivity index (χ0) is 13.6. The Labute approximate surface area is 111 Å². The minimum atomic E-state index is -0.337.